The Morgan fingerprint density at radius 3 is 2.77 bits per heavy atom. The number of hydrogen-bond donors (Lipinski definition) is 2. The summed E-state index contributed by atoms with van der Waals surface area (Å²) >= 11 is 0. The Morgan fingerprint density at radius 1 is 1.36 bits per heavy atom. The molecule has 1 saturated heterocycles. The Balaban J connectivity index is 1.92. The molecule has 2 aromatic rings. The zero-order valence-electron chi connectivity index (χ0n) is 12.2. The lowest BCUT2D eigenvalue weighted by Crippen LogP contribution is -2.34. The van der Waals surface area contributed by atoms with Crippen molar-refractivity contribution in [2.24, 2.45) is 0 Å². The van der Waals surface area contributed by atoms with Gasteiger partial charge in [-0.2, -0.15) is 0 Å². The number of H-pyrrole nitrogens is 1. The molecule has 3 rings (SSSR count). The fraction of sp³-hybridized carbons (Fsp3) is 0.400. The lowest BCUT2D eigenvalue weighted by Gasteiger charge is -2.23. The number of benzene rings is 1. The quantitative estimate of drug-likeness (QED) is 0.874. The summed E-state index contributed by atoms with van der Waals surface area (Å²) in [4.78, 5) is 16.7. The molecule has 1 atom stereocenters. The van der Waals surface area contributed by atoms with E-state index in [4.69, 9.17) is 0 Å². The number of sulfone groups is 1. The van der Waals surface area contributed by atoms with Gasteiger partial charge in [0.15, 0.2) is 9.84 Å². The first-order chi connectivity index (χ1) is 10.4. The zero-order valence-corrected chi connectivity index (χ0v) is 13.1. The van der Waals surface area contributed by atoms with Crippen molar-refractivity contribution in [1.82, 2.24) is 9.88 Å². The molecule has 0 radical (unpaired) electrons. The average molecular weight is 322 g/mol. The summed E-state index contributed by atoms with van der Waals surface area (Å²) in [6.07, 6.45) is 0.561. The molecule has 1 aromatic carbocycles. The van der Waals surface area contributed by atoms with E-state index in [2.05, 4.69) is 4.98 Å². The van der Waals surface area contributed by atoms with Crippen LogP contribution in [0.4, 0.5) is 0 Å². The largest absolute Gasteiger partial charge is 0.507 e. The number of pyridine rings is 1. The number of fused-ring (bicyclic) bond motifs is 1. The van der Waals surface area contributed by atoms with Crippen molar-refractivity contribution in [3.05, 3.63) is 40.2 Å². The molecule has 0 unspecified atom stereocenters. The van der Waals surface area contributed by atoms with Gasteiger partial charge in [0.05, 0.1) is 22.6 Å². The van der Waals surface area contributed by atoms with Gasteiger partial charge in [-0.25, -0.2) is 8.42 Å². The molecule has 1 aliphatic heterocycles. The van der Waals surface area contributed by atoms with Crippen LogP contribution in [0.25, 0.3) is 10.9 Å². The first-order valence-electron chi connectivity index (χ1n) is 7.11. The predicted molar refractivity (Wildman–Crippen MR) is 84.8 cm³/mol. The molecule has 2 heterocycles. The molecule has 0 amide bonds. The maximum atomic E-state index is 12.2. The van der Waals surface area contributed by atoms with Gasteiger partial charge in [-0.05, 0) is 25.6 Å². The fourth-order valence-corrected chi connectivity index (χ4v) is 4.72. The Morgan fingerprint density at radius 2 is 2.09 bits per heavy atom. The number of para-hydroxylation sites is 1. The Labute approximate surface area is 128 Å². The molecule has 0 spiro atoms. The van der Waals surface area contributed by atoms with E-state index in [0.717, 1.165) is 0 Å². The van der Waals surface area contributed by atoms with E-state index in [1.165, 1.54) is 0 Å². The van der Waals surface area contributed by atoms with Gasteiger partial charge in [-0.3, -0.25) is 9.69 Å². The van der Waals surface area contributed by atoms with Crippen molar-refractivity contribution in [1.29, 1.82) is 0 Å². The van der Waals surface area contributed by atoms with E-state index in [9.17, 15) is 18.3 Å². The number of hydrogen-bond acceptors (Lipinski definition) is 5. The minimum Gasteiger partial charge on any atom is -0.507 e. The number of aromatic hydroxyl groups is 1. The van der Waals surface area contributed by atoms with E-state index in [-0.39, 0.29) is 41.0 Å². The number of aromatic amines is 1. The number of rotatable bonds is 3. The highest BCUT2D eigenvalue weighted by molar-refractivity contribution is 7.91. The van der Waals surface area contributed by atoms with Crippen LogP contribution >= 0.6 is 0 Å². The lowest BCUT2D eigenvalue weighted by molar-refractivity contribution is 0.250. The molecule has 0 saturated carbocycles. The zero-order chi connectivity index (χ0) is 15.9. The van der Waals surface area contributed by atoms with Crippen LogP contribution in [0.3, 0.4) is 0 Å². The van der Waals surface area contributed by atoms with Gasteiger partial charge < -0.3 is 10.1 Å². The summed E-state index contributed by atoms with van der Waals surface area (Å²) in [6, 6.07) is 6.93. The van der Waals surface area contributed by atoms with Crippen LogP contribution in [-0.4, -0.2) is 48.0 Å². The maximum Gasteiger partial charge on any atom is 0.256 e. The van der Waals surface area contributed by atoms with E-state index >= 15 is 0 Å². The molecule has 6 nitrogen and oxygen atoms in total. The molecule has 1 aliphatic rings. The van der Waals surface area contributed by atoms with Gasteiger partial charge in [-0.1, -0.05) is 12.1 Å². The van der Waals surface area contributed by atoms with Crippen molar-refractivity contribution in [3.8, 4) is 5.75 Å². The lowest BCUT2D eigenvalue weighted by atomic mass is 10.1. The molecule has 22 heavy (non-hydrogen) atoms. The normalized spacial score (nSPS) is 20.7. The van der Waals surface area contributed by atoms with Crippen LogP contribution in [0.15, 0.2) is 29.1 Å². The van der Waals surface area contributed by atoms with E-state index in [0.29, 0.717) is 17.3 Å². The smallest absolute Gasteiger partial charge is 0.256 e. The molecule has 2 N–H and O–H groups in total. The van der Waals surface area contributed by atoms with Gasteiger partial charge in [0, 0.05) is 18.0 Å². The summed E-state index contributed by atoms with van der Waals surface area (Å²) in [7, 11) is -1.20. The number of nitrogens with zero attached hydrogens (tertiary/aromatic N) is 1. The number of nitrogens with one attached hydrogen (secondary N) is 1. The summed E-state index contributed by atoms with van der Waals surface area (Å²) in [6.45, 7) is 0.214. The van der Waals surface area contributed by atoms with Crippen LogP contribution in [0.5, 0.6) is 5.75 Å². The highest BCUT2D eigenvalue weighted by atomic mass is 32.2. The molecule has 0 aliphatic carbocycles. The fourth-order valence-electron chi connectivity index (χ4n) is 2.91. The average Bonchev–Trinajstić information content (AvgIpc) is 2.83. The summed E-state index contributed by atoms with van der Waals surface area (Å²) in [5.41, 5.74) is 0.509. The van der Waals surface area contributed by atoms with Gasteiger partial charge in [0.25, 0.3) is 5.56 Å². The topological polar surface area (TPSA) is 90.5 Å². The maximum absolute atomic E-state index is 12.2. The second-order valence-corrected chi connectivity index (χ2v) is 8.03. The van der Waals surface area contributed by atoms with Crippen LogP contribution in [0.1, 0.15) is 12.0 Å². The SMILES string of the molecule is CN(Cc1c(O)c2ccccc2[nH]c1=O)[C@H]1CCS(=O)(=O)C1. The van der Waals surface area contributed by atoms with Crippen molar-refractivity contribution < 1.29 is 13.5 Å². The summed E-state index contributed by atoms with van der Waals surface area (Å²) in [5.74, 6) is 0.254. The third-order valence-electron chi connectivity index (χ3n) is 4.23. The van der Waals surface area contributed by atoms with Crippen LogP contribution in [0, 0.1) is 0 Å². The monoisotopic (exact) mass is 322 g/mol. The minimum atomic E-state index is -2.98. The van der Waals surface area contributed by atoms with Crippen LogP contribution in [0.2, 0.25) is 0 Å². The molecule has 7 heteroatoms. The van der Waals surface area contributed by atoms with Gasteiger partial charge >= 0.3 is 0 Å². The minimum absolute atomic E-state index is 0.0351. The first kappa shape index (κ1) is 15.1. The van der Waals surface area contributed by atoms with E-state index < -0.39 is 9.84 Å². The molecule has 1 fully saturated rings. The number of aromatic nitrogens is 1. The van der Waals surface area contributed by atoms with Gasteiger partial charge in [-0.15, -0.1) is 0 Å². The van der Waals surface area contributed by atoms with Crippen molar-refractivity contribution in [2.45, 2.75) is 19.0 Å². The van der Waals surface area contributed by atoms with Crippen molar-refractivity contribution in [3.63, 3.8) is 0 Å². The summed E-state index contributed by atoms with van der Waals surface area (Å²) < 4.78 is 23.1. The van der Waals surface area contributed by atoms with Crippen LogP contribution < -0.4 is 5.56 Å². The van der Waals surface area contributed by atoms with Crippen LogP contribution in [-0.2, 0) is 16.4 Å². The molecule has 1 aromatic heterocycles. The highest BCUT2D eigenvalue weighted by Gasteiger charge is 2.31. The first-order valence-corrected chi connectivity index (χ1v) is 8.93. The molecular formula is C15H18N2O4S. The Hall–Kier alpha value is -1.86. The van der Waals surface area contributed by atoms with Crippen molar-refractivity contribution >= 4 is 20.7 Å². The second kappa shape index (κ2) is 5.40. The third kappa shape index (κ3) is 2.74. The Kier molecular flexibility index (Phi) is 3.70. The second-order valence-electron chi connectivity index (χ2n) is 5.80. The predicted octanol–water partition coefficient (Wildman–Crippen LogP) is 0.853. The van der Waals surface area contributed by atoms with E-state index in [1.807, 2.05) is 4.90 Å². The van der Waals surface area contributed by atoms with Gasteiger partial charge in [0.2, 0.25) is 0 Å². The van der Waals surface area contributed by atoms with Crippen molar-refractivity contribution in [2.75, 3.05) is 18.6 Å². The summed E-state index contributed by atoms with van der Waals surface area (Å²) in [5, 5.41) is 10.9. The molecule has 118 valence electrons. The Bertz CT molecular complexity index is 873. The molecule has 0 bridgehead atoms. The van der Waals surface area contributed by atoms with E-state index in [1.54, 1.807) is 31.3 Å². The third-order valence-corrected chi connectivity index (χ3v) is 5.98. The molecular weight excluding hydrogens is 304 g/mol. The highest BCUT2D eigenvalue weighted by Crippen LogP contribution is 2.26. The standard InChI is InChI=1S/C15H18N2O4S/c1-17(10-6-7-22(20,21)9-10)8-12-14(18)11-4-2-3-5-13(11)16-15(12)19/h2-5,10H,6-9H2,1H3,(H2,16,18,19)/t10-/m0/s1. The van der Waals surface area contributed by atoms with Gasteiger partial charge in [0.1, 0.15) is 5.75 Å².